The highest BCUT2D eigenvalue weighted by molar-refractivity contribution is 5.94. The van der Waals surface area contributed by atoms with Gasteiger partial charge in [0.25, 0.3) is 11.5 Å². The standard InChI is InChI=1S/C21H23N3O3/c1-21(2,3)16-8-6-15(7-9-16)20(26)22-12-13-24-19(25)11-10-17(23-24)18-5-4-14-27-18/h4-11,14H,12-13H2,1-3H3,(H,22,26). The highest BCUT2D eigenvalue weighted by atomic mass is 16.3. The summed E-state index contributed by atoms with van der Waals surface area (Å²) in [6.07, 6.45) is 1.55. The fourth-order valence-electron chi connectivity index (χ4n) is 2.66. The van der Waals surface area contributed by atoms with Crippen molar-refractivity contribution in [3.63, 3.8) is 0 Å². The zero-order chi connectivity index (χ0) is 19.4. The molecule has 0 spiro atoms. The second-order valence-electron chi connectivity index (χ2n) is 7.34. The van der Waals surface area contributed by atoms with E-state index in [0.29, 0.717) is 23.6 Å². The number of furan rings is 1. The van der Waals surface area contributed by atoms with Crippen molar-refractivity contribution in [2.75, 3.05) is 6.54 Å². The highest BCUT2D eigenvalue weighted by Gasteiger charge is 2.14. The van der Waals surface area contributed by atoms with E-state index in [-0.39, 0.29) is 23.4 Å². The van der Waals surface area contributed by atoms with Gasteiger partial charge in [0.1, 0.15) is 5.69 Å². The Hall–Kier alpha value is -3.15. The molecule has 1 aromatic carbocycles. The van der Waals surface area contributed by atoms with E-state index in [2.05, 4.69) is 31.2 Å². The maximum absolute atomic E-state index is 12.3. The van der Waals surface area contributed by atoms with Crippen LogP contribution in [0.4, 0.5) is 0 Å². The van der Waals surface area contributed by atoms with Crippen LogP contribution in [0.1, 0.15) is 36.7 Å². The molecule has 1 amide bonds. The minimum Gasteiger partial charge on any atom is -0.463 e. The van der Waals surface area contributed by atoms with E-state index in [4.69, 9.17) is 4.42 Å². The lowest BCUT2D eigenvalue weighted by atomic mass is 9.87. The van der Waals surface area contributed by atoms with E-state index in [1.54, 1.807) is 24.5 Å². The smallest absolute Gasteiger partial charge is 0.266 e. The van der Waals surface area contributed by atoms with Crippen LogP contribution < -0.4 is 10.9 Å². The van der Waals surface area contributed by atoms with E-state index < -0.39 is 0 Å². The molecule has 0 aliphatic heterocycles. The molecule has 6 nitrogen and oxygen atoms in total. The molecule has 0 aliphatic rings. The van der Waals surface area contributed by atoms with Crippen molar-refractivity contribution < 1.29 is 9.21 Å². The highest BCUT2D eigenvalue weighted by Crippen LogP contribution is 2.22. The Labute approximate surface area is 157 Å². The molecule has 0 fully saturated rings. The Balaban J connectivity index is 1.62. The largest absolute Gasteiger partial charge is 0.463 e. The molecule has 140 valence electrons. The van der Waals surface area contributed by atoms with Crippen molar-refractivity contribution in [2.45, 2.75) is 32.7 Å². The van der Waals surface area contributed by atoms with Crippen molar-refractivity contribution >= 4 is 5.91 Å². The summed E-state index contributed by atoms with van der Waals surface area (Å²) in [5, 5.41) is 7.11. The van der Waals surface area contributed by atoms with Crippen molar-refractivity contribution in [3.05, 3.63) is 76.3 Å². The van der Waals surface area contributed by atoms with Gasteiger partial charge in [-0.1, -0.05) is 32.9 Å². The summed E-state index contributed by atoms with van der Waals surface area (Å²) in [4.78, 5) is 24.3. The lowest BCUT2D eigenvalue weighted by Gasteiger charge is -2.19. The monoisotopic (exact) mass is 365 g/mol. The van der Waals surface area contributed by atoms with Crippen molar-refractivity contribution in [2.24, 2.45) is 0 Å². The summed E-state index contributed by atoms with van der Waals surface area (Å²) in [5.41, 5.74) is 2.15. The number of benzene rings is 1. The molecule has 3 aromatic rings. The number of carbonyl (C=O) groups excluding carboxylic acids is 1. The third kappa shape index (κ3) is 4.53. The number of carbonyl (C=O) groups is 1. The van der Waals surface area contributed by atoms with Crippen molar-refractivity contribution in [1.82, 2.24) is 15.1 Å². The Morgan fingerprint density at radius 3 is 2.48 bits per heavy atom. The third-order valence-corrected chi connectivity index (χ3v) is 4.26. The molecule has 2 heterocycles. The molecule has 1 N–H and O–H groups in total. The SMILES string of the molecule is CC(C)(C)c1ccc(C(=O)NCCn2nc(-c3ccco3)ccc2=O)cc1. The van der Waals surface area contributed by atoms with E-state index >= 15 is 0 Å². The first-order valence-electron chi connectivity index (χ1n) is 8.85. The van der Waals surface area contributed by atoms with Gasteiger partial charge in [-0.3, -0.25) is 9.59 Å². The minimum atomic E-state index is -0.228. The number of nitrogens with one attached hydrogen (secondary N) is 1. The molecular weight excluding hydrogens is 342 g/mol. The van der Waals surface area contributed by atoms with E-state index in [9.17, 15) is 9.59 Å². The summed E-state index contributed by atoms with van der Waals surface area (Å²) in [7, 11) is 0. The quantitative estimate of drug-likeness (QED) is 0.753. The molecule has 0 aliphatic carbocycles. The van der Waals surface area contributed by atoms with Gasteiger partial charge < -0.3 is 9.73 Å². The molecule has 0 radical (unpaired) electrons. The minimum absolute atomic E-state index is 0.0425. The molecule has 6 heteroatoms. The van der Waals surface area contributed by atoms with Gasteiger partial charge in [0.15, 0.2) is 5.76 Å². The lowest BCUT2D eigenvalue weighted by molar-refractivity contribution is 0.0951. The van der Waals surface area contributed by atoms with E-state index in [1.807, 2.05) is 24.3 Å². The summed E-state index contributed by atoms with van der Waals surface area (Å²) >= 11 is 0. The first kappa shape index (κ1) is 18.6. The molecule has 27 heavy (non-hydrogen) atoms. The average Bonchev–Trinajstić information content (AvgIpc) is 3.17. The Kier molecular flexibility index (Phi) is 5.26. The molecule has 0 saturated carbocycles. The Bertz CT molecular complexity index is 965. The van der Waals surface area contributed by atoms with Crippen LogP contribution in [0.5, 0.6) is 0 Å². The van der Waals surface area contributed by atoms with Crippen LogP contribution in [-0.4, -0.2) is 22.2 Å². The predicted octanol–water partition coefficient (Wildman–Crippen LogP) is 3.23. The number of aromatic nitrogens is 2. The first-order valence-corrected chi connectivity index (χ1v) is 8.85. The van der Waals surface area contributed by atoms with Crippen LogP contribution in [0.15, 0.2) is 64.0 Å². The van der Waals surface area contributed by atoms with E-state index in [0.717, 1.165) is 0 Å². The zero-order valence-electron chi connectivity index (χ0n) is 15.7. The number of hydrogen-bond donors (Lipinski definition) is 1. The normalized spacial score (nSPS) is 11.4. The van der Waals surface area contributed by atoms with Gasteiger partial charge >= 0.3 is 0 Å². The third-order valence-electron chi connectivity index (χ3n) is 4.26. The van der Waals surface area contributed by atoms with Crippen LogP contribution in [0, 0.1) is 0 Å². The van der Waals surface area contributed by atoms with Gasteiger partial charge in [-0.15, -0.1) is 0 Å². The summed E-state index contributed by atoms with van der Waals surface area (Å²) < 4.78 is 6.62. The molecule has 0 atom stereocenters. The maximum atomic E-state index is 12.3. The molecule has 0 bridgehead atoms. The number of amides is 1. The number of rotatable bonds is 5. The maximum Gasteiger partial charge on any atom is 0.266 e. The first-order chi connectivity index (χ1) is 12.8. The molecular formula is C21H23N3O3. The fraction of sp³-hybridized carbons (Fsp3) is 0.286. The second-order valence-corrected chi connectivity index (χ2v) is 7.34. The second kappa shape index (κ2) is 7.61. The molecule has 0 saturated heterocycles. The Morgan fingerprint density at radius 1 is 1.11 bits per heavy atom. The number of nitrogens with zero attached hydrogens (tertiary/aromatic N) is 2. The molecule has 0 unspecified atom stereocenters. The topological polar surface area (TPSA) is 77.1 Å². The number of hydrogen-bond acceptors (Lipinski definition) is 4. The lowest BCUT2D eigenvalue weighted by Crippen LogP contribution is -2.32. The van der Waals surface area contributed by atoms with Gasteiger partial charge in [-0.25, -0.2) is 4.68 Å². The fourth-order valence-corrected chi connectivity index (χ4v) is 2.66. The van der Waals surface area contributed by atoms with E-state index in [1.165, 1.54) is 16.3 Å². The van der Waals surface area contributed by atoms with Gasteiger partial charge in [0, 0.05) is 18.2 Å². The van der Waals surface area contributed by atoms with Crippen LogP contribution in [0.3, 0.4) is 0 Å². The Morgan fingerprint density at radius 2 is 1.85 bits per heavy atom. The van der Waals surface area contributed by atoms with Crippen molar-refractivity contribution in [1.29, 1.82) is 0 Å². The molecule has 3 rings (SSSR count). The van der Waals surface area contributed by atoms with Crippen LogP contribution >= 0.6 is 0 Å². The molecule has 2 aromatic heterocycles. The van der Waals surface area contributed by atoms with Gasteiger partial charge in [0.05, 0.1) is 12.8 Å². The summed E-state index contributed by atoms with van der Waals surface area (Å²) in [5.74, 6) is 0.414. The van der Waals surface area contributed by atoms with Crippen LogP contribution in [0.25, 0.3) is 11.5 Å². The van der Waals surface area contributed by atoms with Gasteiger partial charge in [-0.05, 0) is 41.3 Å². The van der Waals surface area contributed by atoms with Crippen LogP contribution in [-0.2, 0) is 12.0 Å². The predicted molar refractivity (Wildman–Crippen MR) is 104 cm³/mol. The summed E-state index contributed by atoms with van der Waals surface area (Å²) in [6.45, 7) is 6.96. The van der Waals surface area contributed by atoms with Crippen LogP contribution in [0.2, 0.25) is 0 Å². The zero-order valence-corrected chi connectivity index (χ0v) is 15.7. The van der Waals surface area contributed by atoms with Gasteiger partial charge in [0.2, 0.25) is 0 Å². The average molecular weight is 365 g/mol. The van der Waals surface area contributed by atoms with Gasteiger partial charge in [-0.2, -0.15) is 5.10 Å². The van der Waals surface area contributed by atoms with Crippen molar-refractivity contribution in [3.8, 4) is 11.5 Å². The summed E-state index contributed by atoms with van der Waals surface area (Å²) in [6, 6.07) is 14.2.